The molecule has 2 spiro atoms. The third kappa shape index (κ3) is 2.29. The lowest BCUT2D eigenvalue weighted by atomic mass is 9.41. The van der Waals surface area contributed by atoms with Gasteiger partial charge in [-0.2, -0.15) is 0 Å². The smallest absolute Gasteiger partial charge is 0.0143 e. The maximum absolute atomic E-state index is 2.77. The molecule has 0 aromatic rings. The molecule has 30 heavy (non-hydrogen) atoms. The van der Waals surface area contributed by atoms with Crippen LogP contribution in [0.5, 0.6) is 0 Å². The number of hydrogen-bond acceptors (Lipinski definition) is 2. The van der Waals surface area contributed by atoms with Crippen molar-refractivity contribution in [2.45, 2.75) is 104 Å². The van der Waals surface area contributed by atoms with Gasteiger partial charge in [-0.05, 0) is 138 Å². The van der Waals surface area contributed by atoms with E-state index >= 15 is 0 Å². The average molecular weight is 415 g/mol. The van der Waals surface area contributed by atoms with Crippen LogP contribution in [0.25, 0.3) is 0 Å². The summed E-state index contributed by atoms with van der Waals surface area (Å²) in [4.78, 5) is 5.06. The number of hydrogen-bond donors (Lipinski definition) is 0. The summed E-state index contributed by atoms with van der Waals surface area (Å²) in [5, 5.41) is 0. The van der Waals surface area contributed by atoms with E-state index in [-0.39, 0.29) is 0 Å². The summed E-state index contributed by atoms with van der Waals surface area (Å²) in [6, 6.07) is 1.48. The van der Waals surface area contributed by atoms with E-state index in [9.17, 15) is 0 Å². The van der Waals surface area contributed by atoms with Crippen molar-refractivity contribution in [3.63, 3.8) is 0 Å². The molecule has 0 amide bonds. The van der Waals surface area contributed by atoms with E-state index in [1.165, 1.54) is 44.9 Å². The lowest BCUT2D eigenvalue weighted by molar-refractivity contribution is -0.152. The lowest BCUT2D eigenvalue weighted by Gasteiger charge is -2.64. The van der Waals surface area contributed by atoms with Gasteiger partial charge in [-0.25, -0.2) is 0 Å². The van der Waals surface area contributed by atoms with Crippen LogP contribution in [0.2, 0.25) is 0 Å². The Labute approximate surface area is 187 Å². The molecule has 0 saturated heterocycles. The SMILES string of the molecule is C[C@H]([C@H]1CC[C@@]2(C)[C@@H]3CC[C@H]4C(C)(C)[C@@H](N(C)C)CC[C@@]45C[C@@]35CC[C@]12C)N(C)C. The first-order chi connectivity index (χ1) is 13.9. The topological polar surface area (TPSA) is 6.48 Å². The average Bonchev–Trinajstić information content (AvgIpc) is 3.23. The molecular formula is C28H50N2. The summed E-state index contributed by atoms with van der Waals surface area (Å²) in [5.41, 5.74) is 2.97. The number of nitrogens with zero attached hydrogens (tertiary/aromatic N) is 2. The quantitative estimate of drug-likeness (QED) is 0.534. The van der Waals surface area contributed by atoms with Crippen LogP contribution in [0.15, 0.2) is 0 Å². The second-order valence-electron chi connectivity index (χ2n) is 14.2. The monoisotopic (exact) mass is 414 g/mol. The Morgan fingerprint density at radius 1 is 0.700 bits per heavy atom. The van der Waals surface area contributed by atoms with Gasteiger partial charge < -0.3 is 9.80 Å². The fourth-order valence-corrected chi connectivity index (χ4v) is 11.4. The zero-order chi connectivity index (χ0) is 21.9. The first kappa shape index (κ1) is 21.7. The van der Waals surface area contributed by atoms with E-state index in [4.69, 9.17) is 0 Å². The maximum Gasteiger partial charge on any atom is 0.0143 e. The Hall–Kier alpha value is -0.0800. The van der Waals surface area contributed by atoms with Crippen molar-refractivity contribution in [1.29, 1.82) is 0 Å². The minimum absolute atomic E-state index is 0.468. The normalized spacial score (nSPS) is 54.9. The molecular weight excluding hydrogens is 364 g/mol. The van der Waals surface area contributed by atoms with Crippen molar-refractivity contribution in [1.82, 2.24) is 9.80 Å². The van der Waals surface area contributed by atoms with Gasteiger partial charge >= 0.3 is 0 Å². The molecule has 0 aromatic carbocycles. The van der Waals surface area contributed by atoms with E-state index < -0.39 is 0 Å². The van der Waals surface area contributed by atoms with Crippen LogP contribution in [0.4, 0.5) is 0 Å². The Morgan fingerprint density at radius 3 is 1.97 bits per heavy atom. The van der Waals surface area contributed by atoms with Crippen molar-refractivity contribution in [3.05, 3.63) is 0 Å². The molecule has 172 valence electrons. The molecule has 5 aliphatic rings. The molecule has 0 heterocycles. The Balaban J connectivity index is 1.48. The molecule has 5 fully saturated rings. The Kier molecular flexibility index (Phi) is 4.55. The van der Waals surface area contributed by atoms with Gasteiger partial charge in [0, 0.05) is 12.1 Å². The van der Waals surface area contributed by atoms with Crippen LogP contribution in [0.1, 0.15) is 92.4 Å². The predicted molar refractivity (Wildman–Crippen MR) is 128 cm³/mol. The van der Waals surface area contributed by atoms with Crippen molar-refractivity contribution < 1.29 is 0 Å². The molecule has 2 heteroatoms. The molecule has 5 aliphatic carbocycles. The van der Waals surface area contributed by atoms with Crippen LogP contribution >= 0.6 is 0 Å². The third-order valence-corrected chi connectivity index (χ3v) is 13.2. The first-order valence-electron chi connectivity index (χ1n) is 13.2. The summed E-state index contributed by atoms with van der Waals surface area (Å²) < 4.78 is 0. The molecule has 5 saturated carbocycles. The second-order valence-corrected chi connectivity index (χ2v) is 14.2. The maximum atomic E-state index is 2.77. The molecule has 0 aliphatic heterocycles. The van der Waals surface area contributed by atoms with Crippen LogP contribution in [0, 0.1) is 44.8 Å². The zero-order valence-corrected chi connectivity index (χ0v) is 21.6. The second kappa shape index (κ2) is 6.28. The predicted octanol–water partition coefficient (Wildman–Crippen LogP) is 6.31. The minimum atomic E-state index is 0.468. The molecule has 0 N–H and O–H groups in total. The van der Waals surface area contributed by atoms with Gasteiger partial charge in [-0.3, -0.25) is 0 Å². The van der Waals surface area contributed by atoms with E-state index in [0.29, 0.717) is 33.1 Å². The van der Waals surface area contributed by atoms with Gasteiger partial charge in [0.15, 0.2) is 0 Å². The zero-order valence-electron chi connectivity index (χ0n) is 21.6. The molecule has 9 atom stereocenters. The van der Waals surface area contributed by atoms with Crippen LogP contribution < -0.4 is 0 Å². The van der Waals surface area contributed by atoms with Gasteiger partial charge in [0.1, 0.15) is 0 Å². The Morgan fingerprint density at radius 2 is 1.33 bits per heavy atom. The van der Waals surface area contributed by atoms with Crippen LogP contribution in [-0.2, 0) is 0 Å². The summed E-state index contributed by atoms with van der Waals surface area (Å²) in [6.07, 6.45) is 13.5. The Bertz CT molecular complexity index is 711. The fourth-order valence-electron chi connectivity index (χ4n) is 11.4. The highest BCUT2D eigenvalue weighted by Crippen LogP contribution is 2.89. The van der Waals surface area contributed by atoms with Gasteiger partial charge in [-0.1, -0.05) is 27.7 Å². The highest BCUT2D eigenvalue weighted by atomic mass is 15.1. The van der Waals surface area contributed by atoms with E-state index in [1.54, 1.807) is 12.8 Å². The summed E-state index contributed by atoms with van der Waals surface area (Å²) in [5.74, 6) is 2.82. The lowest BCUT2D eigenvalue weighted by Crippen LogP contribution is -2.59. The van der Waals surface area contributed by atoms with Gasteiger partial charge in [-0.15, -0.1) is 0 Å². The first-order valence-corrected chi connectivity index (χ1v) is 13.2. The van der Waals surface area contributed by atoms with Crippen LogP contribution in [0.3, 0.4) is 0 Å². The van der Waals surface area contributed by atoms with Gasteiger partial charge in [0.25, 0.3) is 0 Å². The summed E-state index contributed by atoms with van der Waals surface area (Å²) in [6.45, 7) is 13.3. The van der Waals surface area contributed by atoms with Crippen molar-refractivity contribution in [2.75, 3.05) is 28.2 Å². The molecule has 0 unspecified atom stereocenters. The van der Waals surface area contributed by atoms with E-state index in [2.05, 4.69) is 72.6 Å². The summed E-state index contributed by atoms with van der Waals surface area (Å²) in [7, 11) is 9.27. The molecule has 2 nitrogen and oxygen atoms in total. The standard InChI is InChI=1S/C28H50N2/c1-19(29(6)7)20-12-14-26(5)22-11-10-21-24(2,3)23(30(8)9)13-15-27(21)18-28(22,27)17-16-25(20,26)4/h19-23H,10-18H2,1-9H3/t19-,20-,21+,22+,23+,25-,26+,27-,28+/m1/s1. The number of fused-ring (bicyclic) bond motifs is 2. The highest BCUT2D eigenvalue weighted by molar-refractivity contribution is 5.31. The van der Waals surface area contributed by atoms with Crippen molar-refractivity contribution in [3.8, 4) is 0 Å². The number of rotatable bonds is 3. The largest absolute Gasteiger partial charge is 0.306 e. The summed E-state index contributed by atoms with van der Waals surface area (Å²) >= 11 is 0. The molecule has 0 aromatic heterocycles. The van der Waals surface area contributed by atoms with Gasteiger partial charge in [0.05, 0.1) is 0 Å². The third-order valence-electron chi connectivity index (χ3n) is 13.2. The fraction of sp³-hybridized carbons (Fsp3) is 1.00. The molecule has 0 radical (unpaired) electrons. The van der Waals surface area contributed by atoms with Crippen molar-refractivity contribution >= 4 is 0 Å². The van der Waals surface area contributed by atoms with E-state index in [1.807, 2.05) is 0 Å². The van der Waals surface area contributed by atoms with Gasteiger partial charge in [0.2, 0.25) is 0 Å². The van der Waals surface area contributed by atoms with Crippen LogP contribution in [-0.4, -0.2) is 50.1 Å². The highest BCUT2D eigenvalue weighted by Gasteiger charge is 2.82. The minimum Gasteiger partial charge on any atom is -0.306 e. The molecule has 5 rings (SSSR count). The van der Waals surface area contributed by atoms with Crippen molar-refractivity contribution in [2.24, 2.45) is 44.8 Å². The molecule has 0 bridgehead atoms. The van der Waals surface area contributed by atoms with E-state index in [0.717, 1.165) is 23.8 Å².